The van der Waals surface area contributed by atoms with Crippen molar-refractivity contribution < 1.29 is 9.66 Å². The van der Waals surface area contributed by atoms with Gasteiger partial charge in [0.2, 0.25) is 5.16 Å². The van der Waals surface area contributed by atoms with Gasteiger partial charge in [-0.1, -0.05) is 36.4 Å². The highest BCUT2D eigenvalue weighted by molar-refractivity contribution is 8.01. The number of non-ortho nitro benzene ring substituents is 1. The van der Waals surface area contributed by atoms with Crippen molar-refractivity contribution in [3.05, 3.63) is 94.8 Å². The van der Waals surface area contributed by atoms with Crippen LogP contribution in [0.3, 0.4) is 0 Å². The Morgan fingerprint density at radius 1 is 1.00 bits per heavy atom. The first-order chi connectivity index (χ1) is 15.7. The van der Waals surface area contributed by atoms with E-state index in [2.05, 4.69) is 15.2 Å². The molecule has 0 saturated heterocycles. The molecule has 0 fully saturated rings. The molecule has 0 atom stereocenters. The van der Waals surface area contributed by atoms with E-state index < -0.39 is 4.92 Å². The minimum Gasteiger partial charge on any atom is -0.486 e. The van der Waals surface area contributed by atoms with E-state index in [4.69, 9.17) is 4.74 Å². The Balaban J connectivity index is 1.47. The molecular weight excluding hydrogens is 446 g/mol. The predicted octanol–water partition coefficient (Wildman–Crippen LogP) is 5.52. The van der Waals surface area contributed by atoms with Crippen LogP contribution < -0.4 is 4.74 Å². The van der Waals surface area contributed by atoms with Crippen molar-refractivity contribution in [2.45, 2.75) is 16.1 Å². The largest absolute Gasteiger partial charge is 0.486 e. The third-order valence-electron chi connectivity index (χ3n) is 4.57. The van der Waals surface area contributed by atoms with Gasteiger partial charge in [-0.05, 0) is 42.1 Å². The molecule has 0 aliphatic heterocycles. The fourth-order valence-corrected chi connectivity index (χ4v) is 5.16. The summed E-state index contributed by atoms with van der Waals surface area (Å²) < 4.78 is 9.30. The van der Waals surface area contributed by atoms with Gasteiger partial charge in [0.25, 0.3) is 5.69 Å². The Kier molecular flexibility index (Phi) is 5.53. The van der Waals surface area contributed by atoms with Crippen molar-refractivity contribution in [1.82, 2.24) is 19.7 Å². The second-order valence-electron chi connectivity index (χ2n) is 6.66. The lowest BCUT2D eigenvalue weighted by atomic mass is 10.3. The van der Waals surface area contributed by atoms with Gasteiger partial charge in [-0.3, -0.25) is 14.7 Å². The third-order valence-corrected chi connectivity index (χ3v) is 6.59. The van der Waals surface area contributed by atoms with Crippen LogP contribution in [0.1, 0.15) is 5.82 Å². The quantitative estimate of drug-likeness (QED) is 0.233. The van der Waals surface area contributed by atoms with E-state index in [-0.39, 0.29) is 12.3 Å². The zero-order valence-corrected chi connectivity index (χ0v) is 18.1. The van der Waals surface area contributed by atoms with Crippen LogP contribution in [0.4, 0.5) is 5.69 Å². The van der Waals surface area contributed by atoms with Gasteiger partial charge in [0, 0.05) is 17.8 Å². The van der Waals surface area contributed by atoms with Gasteiger partial charge in [0.05, 0.1) is 15.1 Å². The fraction of sp³-hybridized carbons (Fsp3) is 0.0455. The Labute approximate surface area is 190 Å². The number of aromatic nitrogens is 4. The lowest BCUT2D eigenvalue weighted by molar-refractivity contribution is -0.384. The number of fused-ring (bicyclic) bond motifs is 1. The summed E-state index contributed by atoms with van der Waals surface area (Å²) in [6, 6.07) is 24.0. The molecule has 0 radical (unpaired) electrons. The van der Waals surface area contributed by atoms with Gasteiger partial charge in [-0.2, -0.15) is 0 Å². The summed E-state index contributed by atoms with van der Waals surface area (Å²) in [6.07, 6.45) is 0. The maximum absolute atomic E-state index is 11.1. The molecule has 0 aliphatic carbocycles. The van der Waals surface area contributed by atoms with Gasteiger partial charge in [0.1, 0.15) is 12.4 Å². The molecule has 0 aliphatic rings. The molecule has 2 aromatic heterocycles. The molecule has 0 saturated carbocycles. The monoisotopic (exact) mass is 461 g/mol. The van der Waals surface area contributed by atoms with Crippen LogP contribution >= 0.6 is 23.1 Å². The van der Waals surface area contributed by atoms with Gasteiger partial charge in [0.15, 0.2) is 10.2 Å². The number of thiazole rings is 1. The maximum Gasteiger partial charge on any atom is 0.270 e. The minimum absolute atomic E-state index is 0.0468. The number of hydrogen-bond acceptors (Lipinski definition) is 8. The number of para-hydroxylation sites is 2. The number of nitrogens with zero attached hydrogens (tertiary/aromatic N) is 5. The van der Waals surface area contributed by atoms with E-state index in [1.54, 1.807) is 6.07 Å². The Bertz CT molecular complexity index is 1390. The van der Waals surface area contributed by atoms with Crippen LogP contribution in [-0.4, -0.2) is 24.7 Å². The molecule has 158 valence electrons. The number of benzene rings is 3. The first kappa shape index (κ1) is 20.2. The molecule has 0 spiro atoms. The molecule has 0 unspecified atom stereocenters. The molecule has 0 bridgehead atoms. The van der Waals surface area contributed by atoms with E-state index in [0.717, 1.165) is 20.5 Å². The molecule has 10 heteroatoms. The third kappa shape index (κ3) is 4.18. The van der Waals surface area contributed by atoms with E-state index in [9.17, 15) is 10.1 Å². The number of rotatable bonds is 7. The van der Waals surface area contributed by atoms with Crippen LogP contribution in [0, 0.1) is 10.1 Å². The molecule has 0 amide bonds. The summed E-state index contributed by atoms with van der Waals surface area (Å²) in [6.45, 7) is 0.249. The van der Waals surface area contributed by atoms with Crippen LogP contribution in [0.15, 0.2) is 88.4 Å². The highest BCUT2D eigenvalue weighted by Gasteiger charge is 2.18. The van der Waals surface area contributed by atoms with Crippen molar-refractivity contribution >= 4 is 39.0 Å². The number of hydrogen-bond donors (Lipinski definition) is 0. The standard InChI is InChI=1S/C22H15N5O3S2/c28-27(29)16-11-12-18-19(13-16)31-22(23-18)32-21-25-24-20(14-30-17-9-5-2-6-10-17)26(21)15-7-3-1-4-8-15/h1-13H,14H2. The number of nitro groups is 1. The predicted molar refractivity (Wildman–Crippen MR) is 123 cm³/mol. The second-order valence-corrected chi connectivity index (χ2v) is 8.91. The lowest BCUT2D eigenvalue weighted by Crippen LogP contribution is -2.06. The summed E-state index contributed by atoms with van der Waals surface area (Å²) in [5, 5.41) is 20.4. The molecular formula is C22H15N5O3S2. The van der Waals surface area contributed by atoms with Gasteiger partial charge in [-0.15, -0.1) is 21.5 Å². The van der Waals surface area contributed by atoms with Gasteiger partial charge < -0.3 is 4.74 Å². The Morgan fingerprint density at radius 2 is 1.75 bits per heavy atom. The van der Waals surface area contributed by atoms with Crippen molar-refractivity contribution in [2.75, 3.05) is 0 Å². The average molecular weight is 462 g/mol. The van der Waals surface area contributed by atoms with Crippen LogP contribution in [-0.2, 0) is 6.61 Å². The van der Waals surface area contributed by atoms with Crippen LogP contribution in [0.5, 0.6) is 5.75 Å². The van der Waals surface area contributed by atoms with Crippen molar-refractivity contribution in [3.8, 4) is 11.4 Å². The first-order valence-electron chi connectivity index (χ1n) is 9.58. The second kappa shape index (κ2) is 8.77. The zero-order valence-electron chi connectivity index (χ0n) is 16.5. The SMILES string of the molecule is O=[N+]([O-])c1ccc2nc(Sc3nnc(COc4ccccc4)n3-c3ccccc3)sc2c1. The lowest BCUT2D eigenvalue weighted by Gasteiger charge is -2.10. The summed E-state index contributed by atoms with van der Waals surface area (Å²) in [7, 11) is 0. The molecule has 2 heterocycles. The molecule has 3 aromatic carbocycles. The first-order valence-corrected chi connectivity index (χ1v) is 11.2. The average Bonchev–Trinajstić information content (AvgIpc) is 3.41. The summed E-state index contributed by atoms with van der Waals surface area (Å²) in [5.74, 6) is 1.40. The van der Waals surface area contributed by atoms with E-state index >= 15 is 0 Å². The zero-order chi connectivity index (χ0) is 21.9. The van der Waals surface area contributed by atoms with Crippen molar-refractivity contribution in [2.24, 2.45) is 0 Å². The number of ether oxygens (including phenoxy) is 1. The molecule has 5 rings (SSSR count). The van der Waals surface area contributed by atoms with E-state index in [1.165, 1.54) is 35.2 Å². The Hall–Kier alpha value is -3.76. The fourth-order valence-electron chi connectivity index (χ4n) is 3.09. The van der Waals surface area contributed by atoms with Crippen molar-refractivity contribution in [1.29, 1.82) is 0 Å². The van der Waals surface area contributed by atoms with Crippen molar-refractivity contribution in [3.63, 3.8) is 0 Å². The molecule has 8 nitrogen and oxygen atoms in total. The van der Waals surface area contributed by atoms with E-state index in [1.807, 2.05) is 65.2 Å². The summed E-state index contributed by atoms with van der Waals surface area (Å²) in [5.41, 5.74) is 1.66. The maximum atomic E-state index is 11.1. The molecule has 5 aromatic rings. The van der Waals surface area contributed by atoms with Gasteiger partial charge >= 0.3 is 0 Å². The highest BCUT2D eigenvalue weighted by Crippen LogP contribution is 2.36. The smallest absolute Gasteiger partial charge is 0.270 e. The van der Waals surface area contributed by atoms with Crippen LogP contribution in [0.25, 0.3) is 15.9 Å². The Morgan fingerprint density at radius 3 is 2.50 bits per heavy atom. The molecule has 32 heavy (non-hydrogen) atoms. The van der Waals surface area contributed by atoms with Gasteiger partial charge in [-0.25, -0.2) is 4.98 Å². The highest BCUT2D eigenvalue weighted by atomic mass is 32.2. The molecule has 0 N–H and O–H groups in total. The minimum atomic E-state index is -0.406. The topological polar surface area (TPSA) is 96.0 Å². The summed E-state index contributed by atoms with van der Waals surface area (Å²) >= 11 is 2.75. The van der Waals surface area contributed by atoms with E-state index in [0.29, 0.717) is 16.5 Å². The summed E-state index contributed by atoms with van der Waals surface area (Å²) in [4.78, 5) is 15.2. The number of nitro benzene ring substituents is 1. The normalized spacial score (nSPS) is 11.0. The van der Waals surface area contributed by atoms with Crippen LogP contribution in [0.2, 0.25) is 0 Å².